The summed E-state index contributed by atoms with van der Waals surface area (Å²) in [5.74, 6) is 0.735. The largest absolute Gasteiger partial charge is 0.379 e. The van der Waals surface area contributed by atoms with Crippen LogP contribution in [0, 0.1) is 0 Å². The number of halogens is 1. The maximum absolute atomic E-state index is 13.3. The molecular formula is C24H31FN8O3. The fourth-order valence-electron chi connectivity index (χ4n) is 4.92. The molecular weight excluding hydrogens is 467 g/mol. The van der Waals surface area contributed by atoms with Gasteiger partial charge in [0.1, 0.15) is 29.6 Å². The van der Waals surface area contributed by atoms with Crippen molar-refractivity contribution in [3.05, 3.63) is 46.5 Å². The Labute approximate surface area is 207 Å². The molecule has 0 spiro atoms. The van der Waals surface area contributed by atoms with Crippen molar-refractivity contribution in [2.45, 2.75) is 37.5 Å². The van der Waals surface area contributed by atoms with E-state index in [0.717, 1.165) is 25.8 Å². The number of hydrogen-bond donors (Lipinski definition) is 3. The van der Waals surface area contributed by atoms with Crippen molar-refractivity contribution in [2.75, 3.05) is 51.1 Å². The molecule has 3 unspecified atom stereocenters. The highest BCUT2D eigenvalue weighted by molar-refractivity contribution is 6.00. The van der Waals surface area contributed by atoms with Gasteiger partial charge in [-0.2, -0.15) is 9.61 Å². The van der Waals surface area contributed by atoms with Gasteiger partial charge in [0, 0.05) is 46.1 Å². The van der Waals surface area contributed by atoms with Crippen molar-refractivity contribution in [1.82, 2.24) is 29.4 Å². The predicted molar refractivity (Wildman–Crippen MR) is 134 cm³/mol. The van der Waals surface area contributed by atoms with Gasteiger partial charge in [-0.3, -0.25) is 14.5 Å². The van der Waals surface area contributed by atoms with Gasteiger partial charge in [0.2, 0.25) is 0 Å². The number of likely N-dealkylation sites (tertiary alicyclic amines) is 1. The van der Waals surface area contributed by atoms with Crippen LogP contribution < -0.4 is 21.5 Å². The van der Waals surface area contributed by atoms with Crippen molar-refractivity contribution in [3.8, 4) is 0 Å². The number of methoxy groups -OCH3 is 1. The maximum atomic E-state index is 13.3. The SMILES string of the molecule is CNc1cc(Nc2cccn(C3CCN(CCF)C3)c2=O)nc2c(C(=O)NC3CCC3OC)cnn12. The number of aromatic nitrogens is 4. The van der Waals surface area contributed by atoms with Gasteiger partial charge >= 0.3 is 0 Å². The van der Waals surface area contributed by atoms with Crippen molar-refractivity contribution in [1.29, 1.82) is 0 Å². The minimum atomic E-state index is -0.395. The van der Waals surface area contributed by atoms with Crippen LogP contribution in [0.15, 0.2) is 35.4 Å². The number of ether oxygens (including phenoxy) is 1. The zero-order valence-electron chi connectivity index (χ0n) is 20.4. The highest BCUT2D eigenvalue weighted by atomic mass is 19.1. The van der Waals surface area contributed by atoms with Crippen LogP contribution in [-0.2, 0) is 4.74 Å². The fourth-order valence-corrected chi connectivity index (χ4v) is 4.92. The van der Waals surface area contributed by atoms with E-state index < -0.39 is 6.67 Å². The van der Waals surface area contributed by atoms with Crippen LogP contribution in [0.2, 0.25) is 0 Å². The molecule has 1 amide bonds. The summed E-state index contributed by atoms with van der Waals surface area (Å²) in [5.41, 5.74) is 0.882. The Balaban J connectivity index is 1.41. The quantitative estimate of drug-likeness (QED) is 0.409. The number of nitrogens with zero attached hydrogens (tertiary/aromatic N) is 5. The molecule has 11 nitrogen and oxygen atoms in total. The van der Waals surface area contributed by atoms with Gasteiger partial charge in [-0.05, 0) is 31.4 Å². The Bertz CT molecular complexity index is 1310. The third kappa shape index (κ3) is 4.53. The summed E-state index contributed by atoms with van der Waals surface area (Å²) >= 11 is 0. The molecule has 1 aliphatic heterocycles. The molecule has 5 rings (SSSR count). The van der Waals surface area contributed by atoms with Crippen LogP contribution in [0.1, 0.15) is 35.7 Å². The van der Waals surface area contributed by atoms with E-state index in [2.05, 4.69) is 26.0 Å². The van der Waals surface area contributed by atoms with E-state index in [-0.39, 0.29) is 29.7 Å². The lowest BCUT2D eigenvalue weighted by molar-refractivity contribution is 0.00732. The van der Waals surface area contributed by atoms with Gasteiger partial charge in [0.25, 0.3) is 11.5 Å². The molecule has 0 aromatic carbocycles. The minimum absolute atomic E-state index is 0.0121. The summed E-state index contributed by atoms with van der Waals surface area (Å²) in [6.45, 7) is 1.39. The molecule has 12 heteroatoms. The molecule has 1 aliphatic carbocycles. The maximum Gasteiger partial charge on any atom is 0.274 e. The lowest BCUT2D eigenvalue weighted by atomic mass is 9.89. The van der Waals surface area contributed by atoms with Gasteiger partial charge in [0.15, 0.2) is 5.65 Å². The molecule has 2 aliphatic rings. The van der Waals surface area contributed by atoms with Crippen LogP contribution >= 0.6 is 0 Å². The summed E-state index contributed by atoms with van der Waals surface area (Å²) in [4.78, 5) is 32.9. The average Bonchev–Trinajstić information content (AvgIpc) is 3.50. The van der Waals surface area contributed by atoms with E-state index in [4.69, 9.17) is 4.74 Å². The lowest BCUT2D eigenvalue weighted by Gasteiger charge is -2.35. The highest BCUT2D eigenvalue weighted by Crippen LogP contribution is 2.25. The first-order valence-electron chi connectivity index (χ1n) is 12.2. The van der Waals surface area contributed by atoms with Crippen molar-refractivity contribution in [2.24, 2.45) is 0 Å². The van der Waals surface area contributed by atoms with E-state index >= 15 is 0 Å². The highest BCUT2D eigenvalue weighted by Gasteiger charge is 2.33. The summed E-state index contributed by atoms with van der Waals surface area (Å²) < 4.78 is 21.4. The Hall–Kier alpha value is -3.51. The normalized spacial score (nSPS) is 21.9. The van der Waals surface area contributed by atoms with Crippen LogP contribution in [0.5, 0.6) is 0 Å². The van der Waals surface area contributed by atoms with Gasteiger partial charge in [0.05, 0.1) is 24.4 Å². The topological polar surface area (TPSA) is 118 Å². The molecule has 36 heavy (non-hydrogen) atoms. The Kier molecular flexibility index (Phi) is 6.88. The number of fused-ring (bicyclic) bond motifs is 1. The first-order chi connectivity index (χ1) is 17.5. The first kappa shape index (κ1) is 24.2. The van der Waals surface area contributed by atoms with Crippen LogP contribution in [0.4, 0.5) is 21.7 Å². The molecule has 3 aromatic rings. The first-order valence-corrected chi connectivity index (χ1v) is 12.2. The molecule has 2 fully saturated rings. The monoisotopic (exact) mass is 498 g/mol. The molecule has 1 saturated carbocycles. The van der Waals surface area contributed by atoms with Gasteiger partial charge in [-0.15, -0.1) is 0 Å². The number of hydrogen-bond acceptors (Lipinski definition) is 8. The summed E-state index contributed by atoms with van der Waals surface area (Å²) in [6.07, 6.45) is 5.82. The number of rotatable bonds is 9. The summed E-state index contributed by atoms with van der Waals surface area (Å²) in [5, 5.41) is 13.5. The van der Waals surface area contributed by atoms with Gasteiger partial charge in [-0.1, -0.05) is 0 Å². The van der Waals surface area contributed by atoms with Crippen LogP contribution in [-0.4, -0.2) is 82.6 Å². The molecule has 3 N–H and O–H groups in total. The molecule has 0 bridgehead atoms. The number of alkyl halides is 1. The third-order valence-corrected chi connectivity index (χ3v) is 7.08. The second-order valence-electron chi connectivity index (χ2n) is 9.19. The molecule has 4 heterocycles. The second-order valence-corrected chi connectivity index (χ2v) is 9.19. The van der Waals surface area contributed by atoms with Crippen molar-refractivity contribution < 1.29 is 13.9 Å². The van der Waals surface area contributed by atoms with E-state index in [9.17, 15) is 14.0 Å². The molecule has 1 saturated heterocycles. The van der Waals surface area contributed by atoms with E-state index in [1.54, 1.807) is 41.6 Å². The number of pyridine rings is 1. The third-order valence-electron chi connectivity index (χ3n) is 7.08. The van der Waals surface area contributed by atoms with E-state index in [0.29, 0.717) is 41.6 Å². The van der Waals surface area contributed by atoms with Gasteiger partial charge in [-0.25, -0.2) is 9.37 Å². The predicted octanol–water partition coefficient (Wildman–Crippen LogP) is 1.80. The lowest BCUT2D eigenvalue weighted by Crippen LogP contribution is -2.51. The zero-order valence-corrected chi connectivity index (χ0v) is 20.4. The van der Waals surface area contributed by atoms with E-state index in [1.807, 2.05) is 11.0 Å². The number of amides is 1. The second kappa shape index (κ2) is 10.2. The van der Waals surface area contributed by atoms with Crippen LogP contribution in [0.25, 0.3) is 5.65 Å². The Morgan fingerprint density at radius 3 is 2.89 bits per heavy atom. The molecule has 3 aromatic heterocycles. The van der Waals surface area contributed by atoms with Crippen LogP contribution in [0.3, 0.4) is 0 Å². The smallest absolute Gasteiger partial charge is 0.274 e. The van der Waals surface area contributed by atoms with E-state index in [1.165, 1.54) is 6.20 Å². The van der Waals surface area contributed by atoms with Gasteiger partial charge < -0.3 is 25.3 Å². The fraction of sp³-hybridized carbons (Fsp3) is 0.500. The summed E-state index contributed by atoms with van der Waals surface area (Å²) in [6, 6.07) is 5.18. The number of carbonyl (C=O) groups is 1. The number of carbonyl (C=O) groups excluding carboxylic acids is 1. The van der Waals surface area contributed by atoms with Crippen molar-refractivity contribution in [3.63, 3.8) is 0 Å². The molecule has 192 valence electrons. The van der Waals surface area contributed by atoms with Crippen molar-refractivity contribution >= 4 is 28.9 Å². The Morgan fingerprint density at radius 1 is 1.31 bits per heavy atom. The standard InChI is InChI=1S/C24H31FN8O3/c1-26-21-12-20(28-18-4-3-9-32(24(18)35)15-7-10-31(14-15)11-8-25)30-22-16(13-27-33(21)22)23(34)29-17-5-6-19(17)36-2/h3-4,9,12-13,15,17,19,26H,5-8,10-11,14H2,1-2H3,(H,28,30)(H,29,34). The zero-order chi connectivity index (χ0) is 25.2. The molecule has 0 radical (unpaired) electrons. The number of nitrogens with one attached hydrogen (secondary N) is 3. The Morgan fingerprint density at radius 2 is 2.17 bits per heavy atom. The number of anilines is 3. The minimum Gasteiger partial charge on any atom is -0.379 e. The summed E-state index contributed by atoms with van der Waals surface area (Å²) in [7, 11) is 3.39. The average molecular weight is 499 g/mol. The molecule has 3 atom stereocenters.